The van der Waals surface area contributed by atoms with Gasteiger partial charge >= 0.3 is 0 Å². The van der Waals surface area contributed by atoms with Crippen LogP contribution in [0.3, 0.4) is 0 Å². The first-order valence-corrected chi connectivity index (χ1v) is 10.0. The number of benzene rings is 1. The summed E-state index contributed by atoms with van der Waals surface area (Å²) in [5.41, 5.74) is 9.82. The Balaban J connectivity index is 0.00000529. The second-order valence-electron chi connectivity index (χ2n) is 7.18. The smallest absolute Gasteiger partial charge is 0.0412 e. The number of aryl methyl sites for hydroxylation is 1. The molecule has 24 heavy (non-hydrogen) atoms. The Morgan fingerprint density at radius 1 is 0.750 bits per heavy atom. The first-order valence-electron chi connectivity index (χ1n) is 10.0. The van der Waals surface area contributed by atoms with Gasteiger partial charge in [-0.3, -0.25) is 0 Å². The molecule has 0 unspecified atom stereocenters. The van der Waals surface area contributed by atoms with Crippen molar-refractivity contribution in [1.29, 1.82) is 0 Å². The molecule has 0 aliphatic rings. The van der Waals surface area contributed by atoms with E-state index in [0.717, 1.165) is 12.8 Å². The number of rotatable bonds is 13. The summed E-state index contributed by atoms with van der Waals surface area (Å²) in [6.07, 6.45) is 15.0. The van der Waals surface area contributed by atoms with Gasteiger partial charge in [0.1, 0.15) is 0 Å². The monoisotopic (exact) mass is 353 g/mol. The lowest BCUT2D eigenvalue weighted by molar-refractivity contribution is 0.345. The zero-order chi connectivity index (χ0) is 17.0. The second kappa shape index (κ2) is 13.7. The summed E-state index contributed by atoms with van der Waals surface area (Å²) >= 11 is 0. The van der Waals surface area contributed by atoms with Crippen molar-refractivity contribution in [3.05, 3.63) is 35.4 Å². The van der Waals surface area contributed by atoms with Crippen molar-refractivity contribution in [2.75, 3.05) is 0 Å². The molecule has 0 aliphatic heterocycles. The third-order valence-electron chi connectivity index (χ3n) is 5.06. The lowest BCUT2D eigenvalue weighted by Gasteiger charge is -2.33. The first kappa shape index (κ1) is 23.5. The van der Waals surface area contributed by atoms with E-state index < -0.39 is 0 Å². The number of halogens is 1. The molecule has 0 atom stereocenters. The molecule has 1 nitrogen and oxygen atoms in total. The first-order chi connectivity index (χ1) is 11.2. The minimum Gasteiger partial charge on any atom is -0.321 e. The largest absolute Gasteiger partial charge is 0.321 e. The number of hydrogen-bond acceptors (Lipinski definition) is 1. The minimum absolute atomic E-state index is 0. The van der Waals surface area contributed by atoms with Crippen LogP contribution in [-0.4, -0.2) is 0 Å². The van der Waals surface area contributed by atoms with Crippen LogP contribution < -0.4 is 5.73 Å². The Kier molecular flexibility index (Phi) is 13.4. The summed E-state index contributed by atoms with van der Waals surface area (Å²) < 4.78 is 0. The SMILES string of the molecule is CCCCCc1ccccc1C(N)(CCCCC)CCCCC.Cl. The van der Waals surface area contributed by atoms with Crippen molar-refractivity contribution in [3.8, 4) is 0 Å². The van der Waals surface area contributed by atoms with Gasteiger partial charge in [0, 0.05) is 5.54 Å². The molecule has 2 N–H and O–H groups in total. The van der Waals surface area contributed by atoms with Crippen LogP contribution >= 0.6 is 12.4 Å². The molecule has 140 valence electrons. The number of unbranched alkanes of at least 4 members (excludes halogenated alkanes) is 6. The fourth-order valence-corrected chi connectivity index (χ4v) is 3.56. The Labute approximate surface area is 157 Å². The second-order valence-corrected chi connectivity index (χ2v) is 7.18. The van der Waals surface area contributed by atoms with Crippen LogP contribution in [0.1, 0.15) is 103 Å². The van der Waals surface area contributed by atoms with Gasteiger partial charge < -0.3 is 5.73 Å². The standard InChI is InChI=1S/C22H39N.ClH/c1-4-7-10-15-20-16-11-12-17-21(20)22(23,18-13-8-5-2)19-14-9-6-3;/h11-12,16-17H,4-10,13-15,18-19,23H2,1-3H3;1H. The van der Waals surface area contributed by atoms with Crippen LogP contribution in [0.25, 0.3) is 0 Å². The predicted octanol–water partition coefficient (Wildman–Crippen LogP) is 7.16. The highest BCUT2D eigenvalue weighted by molar-refractivity contribution is 5.85. The highest BCUT2D eigenvalue weighted by Crippen LogP contribution is 2.33. The third kappa shape index (κ3) is 8.03. The van der Waals surface area contributed by atoms with Crippen molar-refractivity contribution >= 4 is 12.4 Å². The highest BCUT2D eigenvalue weighted by Gasteiger charge is 2.28. The molecule has 2 heteroatoms. The molecular formula is C22H40ClN. The molecule has 1 aromatic rings. The van der Waals surface area contributed by atoms with Crippen LogP contribution in [0.5, 0.6) is 0 Å². The van der Waals surface area contributed by atoms with Crippen LogP contribution in [0.15, 0.2) is 24.3 Å². The highest BCUT2D eigenvalue weighted by atomic mass is 35.5. The molecule has 0 saturated carbocycles. The van der Waals surface area contributed by atoms with Crippen molar-refractivity contribution in [2.45, 2.75) is 103 Å². The Hall–Kier alpha value is -0.530. The van der Waals surface area contributed by atoms with E-state index in [0.29, 0.717) is 0 Å². The van der Waals surface area contributed by atoms with E-state index in [1.807, 2.05) is 0 Å². The maximum absolute atomic E-state index is 7.01. The van der Waals surface area contributed by atoms with Gasteiger partial charge in [-0.2, -0.15) is 0 Å². The summed E-state index contributed by atoms with van der Waals surface area (Å²) in [4.78, 5) is 0. The molecule has 0 bridgehead atoms. The average molecular weight is 354 g/mol. The molecule has 0 aliphatic carbocycles. The predicted molar refractivity (Wildman–Crippen MR) is 111 cm³/mol. The molecule has 0 fully saturated rings. The molecule has 0 saturated heterocycles. The van der Waals surface area contributed by atoms with Crippen LogP contribution in [0.4, 0.5) is 0 Å². The van der Waals surface area contributed by atoms with Gasteiger partial charge in [0.2, 0.25) is 0 Å². The van der Waals surface area contributed by atoms with Crippen LogP contribution in [0, 0.1) is 0 Å². The molecule has 0 aromatic heterocycles. The van der Waals surface area contributed by atoms with E-state index in [-0.39, 0.29) is 17.9 Å². The van der Waals surface area contributed by atoms with E-state index >= 15 is 0 Å². The molecule has 0 amide bonds. The molecule has 0 spiro atoms. The lowest BCUT2D eigenvalue weighted by Crippen LogP contribution is -2.37. The summed E-state index contributed by atoms with van der Waals surface area (Å²) in [5.74, 6) is 0. The Morgan fingerprint density at radius 3 is 1.79 bits per heavy atom. The molecular weight excluding hydrogens is 314 g/mol. The van der Waals surface area contributed by atoms with E-state index in [1.54, 1.807) is 0 Å². The maximum Gasteiger partial charge on any atom is 0.0412 e. The quantitative estimate of drug-likeness (QED) is 0.374. The van der Waals surface area contributed by atoms with Crippen molar-refractivity contribution in [2.24, 2.45) is 5.73 Å². The Morgan fingerprint density at radius 2 is 1.25 bits per heavy atom. The summed E-state index contributed by atoms with van der Waals surface area (Å²) in [6, 6.07) is 8.98. The van der Waals surface area contributed by atoms with Crippen LogP contribution in [-0.2, 0) is 12.0 Å². The van der Waals surface area contributed by atoms with E-state index in [2.05, 4.69) is 45.0 Å². The normalized spacial score (nSPS) is 11.3. The lowest BCUT2D eigenvalue weighted by atomic mass is 9.78. The minimum atomic E-state index is -0.118. The van der Waals surface area contributed by atoms with Gasteiger partial charge in [-0.15, -0.1) is 12.4 Å². The van der Waals surface area contributed by atoms with Gasteiger partial charge in [-0.25, -0.2) is 0 Å². The van der Waals surface area contributed by atoms with Gasteiger partial charge in [0.15, 0.2) is 0 Å². The van der Waals surface area contributed by atoms with Gasteiger partial charge in [0.05, 0.1) is 0 Å². The van der Waals surface area contributed by atoms with Gasteiger partial charge in [-0.05, 0) is 36.8 Å². The van der Waals surface area contributed by atoms with E-state index in [1.165, 1.54) is 75.3 Å². The zero-order valence-corrected chi connectivity index (χ0v) is 17.1. The molecule has 0 heterocycles. The summed E-state index contributed by atoms with van der Waals surface area (Å²) in [5, 5.41) is 0. The topological polar surface area (TPSA) is 26.0 Å². The molecule has 0 radical (unpaired) electrons. The van der Waals surface area contributed by atoms with Crippen molar-refractivity contribution in [1.82, 2.24) is 0 Å². The third-order valence-corrected chi connectivity index (χ3v) is 5.06. The van der Waals surface area contributed by atoms with Gasteiger partial charge in [0.25, 0.3) is 0 Å². The fraction of sp³-hybridized carbons (Fsp3) is 0.727. The maximum atomic E-state index is 7.01. The number of hydrogen-bond donors (Lipinski definition) is 1. The van der Waals surface area contributed by atoms with Crippen molar-refractivity contribution in [3.63, 3.8) is 0 Å². The number of nitrogens with two attached hydrogens (primary N) is 1. The van der Waals surface area contributed by atoms with E-state index in [9.17, 15) is 0 Å². The fourth-order valence-electron chi connectivity index (χ4n) is 3.56. The molecule has 1 rings (SSSR count). The zero-order valence-electron chi connectivity index (χ0n) is 16.3. The van der Waals surface area contributed by atoms with Gasteiger partial charge in [-0.1, -0.05) is 96.4 Å². The summed E-state index contributed by atoms with van der Waals surface area (Å²) in [6.45, 7) is 6.82. The average Bonchev–Trinajstić information content (AvgIpc) is 2.56. The molecule has 1 aromatic carbocycles. The Bertz CT molecular complexity index is 406. The van der Waals surface area contributed by atoms with E-state index in [4.69, 9.17) is 5.73 Å². The van der Waals surface area contributed by atoms with Crippen molar-refractivity contribution < 1.29 is 0 Å². The summed E-state index contributed by atoms with van der Waals surface area (Å²) in [7, 11) is 0. The van der Waals surface area contributed by atoms with Crippen LogP contribution in [0.2, 0.25) is 0 Å².